The topological polar surface area (TPSA) is 89.0 Å². The molecule has 0 aliphatic rings. The number of sulfone groups is 1. The number of fused-ring (bicyclic) bond motifs is 1. The van der Waals surface area contributed by atoms with Crippen LogP contribution in [-0.4, -0.2) is 71.9 Å². The molecule has 0 saturated heterocycles. The lowest BCUT2D eigenvalue weighted by molar-refractivity contribution is 0.0981. The Labute approximate surface area is 198 Å². The number of amides is 1. The number of ether oxygens (including phenoxy) is 2. The zero-order valence-corrected chi connectivity index (χ0v) is 20.9. The van der Waals surface area contributed by atoms with Gasteiger partial charge in [-0.3, -0.25) is 9.69 Å². The predicted octanol–water partition coefficient (Wildman–Crippen LogP) is 3.35. The van der Waals surface area contributed by atoms with Gasteiger partial charge in [-0.05, 0) is 44.4 Å². The lowest BCUT2D eigenvalue weighted by Crippen LogP contribution is -2.37. The summed E-state index contributed by atoms with van der Waals surface area (Å²) in [5, 5.41) is 0.484. The summed E-state index contributed by atoms with van der Waals surface area (Å²) in [5.41, 5.74) is 0.990. The van der Waals surface area contributed by atoms with Crippen LogP contribution in [0.2, 0.25) is 0 Å². The molecule has 0 fully saturated rings. The van der Waals surface area contributed by atoms with E-state index < -0.39 is 9.84 Å². The molecule has 0 saturated carbocycles. The third kappa shape index (κ3) is 5.50. The van der Waals surface area contributed by atoms with E-state index in [1.165, 1.54) is 31.6 Å². The first kappa shape index (κ1) is 25.9. The molecule has 1 heterocycles. The molecule has 0 radical (unpaired) electrons. The molecule has 0 spiro atoms. The Hall–Kier alpha value is -2.40. The summed E-state index contributed by atoms with van der Waals surface area (Å²) in [7, 11) is 3.51. The number of para-hydroxylation sites is 1. The molecule has 11 heteroatoms. The van der Waals surface area contributed by atoms with Crippen LogP contribution in [0.5, 0.6) is 11.5 Å². The van der Waals surface area contributed by atoms with E-state index in [1.54, 1.807) is 35.2 Å². The molecule has 3 rings (SSSR count). The van der Waals surface area contributed by atoms with Gasteiger partial charge in [0.05, 0.1) is 34.9 Å². The smallest absolute Gasteiger partial charge is 0.264 e. The van der Waals surface area contributed by atoms with Crippen molar-refractivity contribution in [3.63, 3.8) is 0 Å². The van der Waals surface area contributed by atoms with E-state index in [1.807, 2.05) is 19.0 Å². The second-order valence-electron chi connectivity index (χ2n) is 7.20. The molecule has 0 aliphatic carbocycles. The minimum atomic E-state index is -3.34. The number of thiazole rings is 1. The Bertz CT molecular complexity index is 1210. The maximum atomic E-state index is 13.6. The Morgan fingerprint density at radius 1 is 1.09 bits per heavy atom. The minimum absolute atomic E-state index is 0. The van der Waals surface area contributed by atoms with E-state index in [-0.39, 0.29) is 23.2 Å². The highest BCUT2D eigenvalue weighted by molar-refractivity contribution is 7.90. The number of likely N-dealkylation sites (N-methyl/N-ethyl adjacent to an activating group) is 1. The molecule has 32 heavy (non-hydrogen) atoms. The van der Waals surface area contributed by atoms with Crippen molar-refractivity contribution in [3.8, 4) is 11.5 Å². The summed E-state index contributed by atoms with van der Waals surface area (Å²) < 4.78 is 35.3. The van der Waals surface area contributed by atoms with Crippen molar-refractivity contribution in [3.05, 3.63) is 42.0 Å². The van der Waals surface area contributed by atoms with Crippen molar-refractivity contribution < 1.29 is 22.7 Å². The van der Waals surface area contributed by atoms with E-state index in [0.717, 1.165) is 6.26 Å². The fourth-order valence-corrected chi connectivity index (χ4v) is 4.77. The molecule has 1 amide bonds. The van der Waals surface area contributed by atoms with E-state index in [2.05, 4.69) is 4.98 Å². The number of hydrogen-bond donors (Lipinski definition) is 0. The summed E-state index contributed by atoms with van der Waals surface area (Å²) in [6, 6.07) is 9.91. The van der Waals surface area contributed by atoms with Crippen LogP contribution in [0.25, 0.3) is 10.2 Å². The van der Waals surface area contributed by atoms with Gasteiger partial charge in [0.1, 0.15) is 0 Å². The first-order chi connectivity index (χ1) is 14.7. The largest absolute Gasteiger partial charge is 0.493 e. The van der Waals surface area contributed by atoms with Crippen molar-refractivity contribution in [2.24, 2.45) is 0 Å². The number of carbonyl (C=O) groups is 1. The summed E-state index contributed by atoms with van der Waals surface area (Å²) in [5.74, 6) is 0.535. The SMILES string of the molecule is COc1cccc(C(=O)N(CCN(C)C)c2nc3ccc(S(C)(=O)=O)cc3s2)c1OC.Cl. The number of aromatic nitrogens is 1. The third-order valence-corrected chi connectivity index (χ3v) is 6.81. The van der Waals surface area contributed by atoms with Crippen LogP contribution < -0.4 is 14.4 Å². The Balaban J connectivity index is 0.00000363. The number of anilines is 1. The Morgan fingerprint density at radius 2 is 1.81 bits per heavy atom. The van der Waals surface area contributed by atoms with Gasteiger partial charge in [0.15, 0.2) is 26.5 Å². The van der Waals surface area contributed by atoms with Gasteiger partial charge in [-0.1, -0.05) is 17.4 Å². The lowest BCUT2D eigenvalue weighted by Gasteiger charge is -2.23. The van der Waals surface area contributed by atoms with E-state index in [4.69, 9.17) is 9.47 Å². The van der Waals surface area contributed by atoms with Crippen molar-refractivity contribution in [1.82, 2.24) is 9.88 Å². The number of rotatable bonds is 8. The third-order valence-electron chi connectivity index (χ3n) is 4.66. The fourth-order valence-electron chi connectivity index (χ4n) is 3.02. The standard InChI is InChI=1S/C21H25N3O5S2.ClH/c1-23(2)11-12-24(20(25)15-7-6-8-17(28-3)19(15)29-4)21-22-16-10-9-14(31(5,26)27)13-18(16)30-21;/h6-10,13H,11-12H2,1-5H3;1H. The number of methoxy groups -OCH3 is 2. The van der Waals surface area contributed by atoms with Gasteiger partial charge in [0, 0.05) is 19.3 Å². The molecule has 0 atom stereocenters. The zero-order valence-electron chi connectivity index (χ0n) is 18.5. The average molecular weight is 500 g/mol. The Kier molecular flexibility index (Phi) is 8.47. The van der Waals surface area contributed by atoms with Crippen molar-refractivity contribution in [1.29, 1.82) is 0 Å². The summed E-state index contributed by atoms with van der Waals surface area (Å²) in [6.07, 6.45) is 1.16. The van der Waals surface area contributed by atoms with Crippen LogP contribution in [0.4, 0.5) is 5.13 Å². The van der Waals surface area contributed by atoms with Crippen LogP contribution >= 0.6 is 23.7 Å². The minimum Gasteiger partial charge on any atom is -0.493 e. The summed E-state index contributed by atoms with van der Waals surface area (Å²) >= 11 is 1.27. The summed E-state index contributed by atoms with van der Waals surface area (Å²) in [4.78, 5) is 21.9. The van der Waals surface area contributed by atoms with E-state index >= 15 is 0 Å². The fraction of sp³-hybridized carbons (Fsp3) is 0.333. The van der Waals surface area contributed by atoms with Gasteiger partial charge in [-0.25, -0.2) is 13.4 Å². The molecule has 1 aromatic heterocycles. The predicted molar refractivity (Wildman–Crippen MR) is 130 cm³/mol. The molecule has 0 bridgehead atoms. The molecule has 0 N–H and O–H groups in total. The highest BCUT2D eigenvalue weighted by atomic mass is 35.5. The van der Waals surface area contributed by atoms with Gasteiger partial charge in [0.2, 0.25) is 0 Å². The number of nitrogens with zero attached hydrogens (tertiary/aromatic N) is 3. The zero-order chi connectivity index (χ0) is 22.8. The van der Waals surface area contributed by atoms with Gasteiger partial charge in [-0.15, -0.1) is 12.4 Å². The van der Waals surface area contributed by atoms with E-state index in [0.29, 0.717) is 45.5 Å². The van der Waals surface area contributed by atoms with Gasteiger partial charge < -0.3 is 14.4 Å². The molecule has 0 aliphatic heterocycles. The lowest BCUT2D eigenvalue weighted by atomic mass is 10.1. The normalized spacial score (nSPS) is 11.3. The van der Waals surface area contributed by atoms with Crippen LogP contribution in [0, 0.1) is 0 Å². The second kappa shape index (κ2) is 10.5. The molecule has 174 valence electrons. The number of halogens is 1. The molecule has 3 aromatic rings. The number of carbonyl (C=O) groups excluding carboxylic acids is 1. The number of hydrogen-bond acceptors (Lipinski definition) is 8. The van der Waals surface area contributed by atoms with E-state index in [9.17, 15) is 13.2 Å². The van der Waals surface area contributed by atoms with Crippen molar-refractivity contribution in [2.75, 3.05) is 52.6 Å². The summed E-state index contributed by atoms with van der Waals surface area (Å²) in [6.45, 7) is 1.01. The highest BCUT2D eigenvalue weighted by Crippen LogP contribution is 2.35. The maximum Gasteiger partial charge on any atom is 0.264 e. The maximum absolute atomic E-state index is 13.6. The Morgan fingerprint density at radius 3 is 2.41 bits per heavy atom. The molecular formula is C21H26ClN3O5S2. The highest BCUT2D eigenvalue weighted by Gasteiger charge is 2.26. The average Bonchev–Trinajstić information content (AvgIpc) is 3.15. The first-order valence-corrected chi connectivity index (χ1v) is 12.1. The van der Waals surface area contributed by atoms with Gasteiger partial charge in [-0.2, -0.15) is 0 Å². The van der Waals surface area contributed by atoms with Gasteiger partial charge in [0.25, 0.3) is 5.91 Å². The monoisotopic (exact) mass is 499 g/mol. The van der Waals surface area contributed by atoms with Crippen molar-refractivity contribution in [2.45, 2.75) is 4.90 Å². The molecular weight excluding hydrogens is 474 g/mol. The van der Waals surface area contributed by atoms with Crippen LogP contribution in [0.3, 0.4) is 0 Å². The van der Waals surface area contributed by atoms with Gasteiger partial charge >= 0.3 is 0 Å². The first-order valence-electron chi connectivity index (χ1n) is 9.44. The second-order valence-corrected chi connectivity index (χ2v) is 10.2. The molecule has 0 unspecified atom stereocenters. The molecule has 2 aromatic carbocycles. The van der Waals surface area contributed by atoms with Crippen LogP contribution in [0.1, 0.15) is 10.4 Å². The quantitative estimate of drug-likeness (QED) is 0.469. The van der Waals surface area contributed by atoms with Crippen LogP contribution in [-0.2, 0) is 9.84 Å². The van der Waals surface area contributed by atoms with Crippen molar-refractivity contribution >= 4 is 54.8 Å². The molecule has 8 nitrogen and oxygen atoms in total. The number of benzene rings is 2. The van der Waals surface area contributed by atoms with Crippen LogP contribution in [0.15, 0.2) is 41.3 Å².